The van der Waals surface area contributed by atoms with E-state index in [-0.39, 0.29) is 17.2 Å². The number of nitrogens with two attached hydrogens (primary N) is 1. The molecule has 0 fully saturated rings. The Kier molecular flexibility index (Phi) is 7.04. The van der Waals surface area contributed by atoms with E-state index in [1.165, 1.54) is 13.2 Å². The molecule has 0 aromatic heterocycles. The van der Waals surface area contributed by atoms with Crippen LogP contribution in [0.1, 0.15) is 18.1 Å². The monoisotopic (exact) mass is 442 g/mol. The number of sulfonamides is 1. The SMILES string of the molecule is CCc1cccc(Oc2ccc(N)cc2S(=O)(=O)NCc2ccc(OC)cc2OC)c1. The molecule has 0 radical (unpaired) electrons. The van der Waals surface area contributed by atoms with Crippen molar-refractivity contribution in [2.24, 2.45) is 0 Å². The van der Waals surface area contributed by atoms with Crippen molar-refractivity contribution < 1.29 is 22.6 Å². The van der Waals surface area contributed by atoms with Gasteiger partial charge in [0.1, 0.15) is 27.9 Å². The number of nitrogens with one attached hydrogen (secondary N) is 1. The Balaban J connectivity index is 1.88. The van der Waals surface area contributed by atoms with Crippen LogP contribution in [0.3, 0.4) is 0 Å². The van der Waals surface area contributed by atoms with E-state index in [9.17, 15) is 8.42 Å². The second kappa shape index (κ2) is 9.72. The van der Waals surface area contributed by atoms with Crippen molar-refractivity contribution in [2.75, 3.05) is 20.0 Å². The molecule has 3 aromatic rings. The van der Waals surface area contributed by atoms with Crippen LogP contribution in [0, 0.1) is 0 Å². The van der Waals surface area contributed by atoms with Gasteiger partial charge in [0.05, 0.1) is 14.2 Å². The van der Waals surface area contributed by atoms with Crippen molar-refractivity contribution in [3.05, 3.63) is 71.8 Å². The second-order valence-corrected chi connectivity index (χ2v) is 8.55. The lowest BCUT2D eigenvalue weighted by Gasteiger charge is -2.15. The lowest BCUT2D eigenvalue weighted by atomic mass is 10.2. The zero-order chi connectivity index (χ0) is 22.4. The van der Waals surface area contributed by atoms with Gasteiger partial charge in [-0.1, -0.05) is 25.1 Å². The normalized spacial score (nSPS) is 11.2. The van der Waals surface area contributed by atoms with Crippen molar-refractivity contribution in [3.8, 4) is 23.0 Å². The molecule has 0 aliphatic carbocycles. The summed E-state index contributed by atoms with van der Waals surface area (Å²) in [6, 6.07) is 17.2. The zero-order valence-electron chi connectivity index (χ0n) is 17.7. The van der Waals surface area contributed by atoms with Gasteiger partial charge in [0.15, 0.2) is 0 Å². The van der Waals surface area contributed by atoms with E-state index in [1.807, 2.05) is 25.1 Å². The largest absolute Gasteiger partial charge is 0.497 e. The number of anilines is 1. The summed E-state index contributed by atoms with van der Waals surface area (Å²) in [5.74, 6) is 1.88. The predicted molar refractivity (Wildman–Crippen MR) is 120 cm³/mol. The van der Waals surface area contributed by atoms with Crippen LogP contribution < -0.4 is 24.7 Å². The van der Waals surface area contributed by atoms with Crippen LogP contribution in [0.15, 0.2) is 65.6 Å². The highest BCUT2D eigenvalue weighted by Crippen LogP contribution is 2.32. The van der Waals surface area contributed by atoms with Gasteiger partial charge in [-0.25, -0.2) is 13.1 Å². The Bertz CT molecular complexity index is 1160. The maximum absolute atomic E-state index is 13.1. The van der Waals surface area contributed by atoms with Gasteiger partial charge in [0.2, 0.25) is 10.0 Å². The Labute approximate surface area is 182 Å². The molecule has 0 unspecified atom stereocenters. The standard InChI is InChI=1S/C23H26N2O5S/c1-4-16-6-5-7-20(12-16)30-21-11-9-18(24)13-23(21)31(26,27)25-15-17-8-10-19(28-2)14-22(17)29-3/h5-14,25H,4,15,24H2,1-3H3. The van der Waals surface area contributed by atoms with Crippen molar-refractivity contribution in [3.63, 3.8) is 0 Å². The maximum atomic E-state index is 13.1. The van der Waals surface area contributed by atoms with E-state index in [0.717, 1.165) is 12.0 Å². The topological polar surface area (TPSA) is 99.9 Å². The molecular weight excluding hydrogens is 416 g/mol. The van der Waals surface area contributed by atoms with E-state index in [2.05, 4.69) is 4.72 Å². The molecule has 7 nitrogen and oxygen atoms in total. The molecule has 0 spiro atoms. The van der Waals surface area contributed by atoms with Crippen molar-refractivity contribution >= 4 is 15.7 Å². The summed E-state index contributed by atoms with van der Waals surface area (Å²) in [5, 5.41) is 0. The van der Waals surface area contributed by atoms with E-state index >= 15 is 0 Å². The first-order chi connectivity index (χ1) is 14.9. The minimum absolute atomic E-state index is 0.0229. The molecule has 0 bridgehead atoms. The van der Waals surface area contributed by atoms with Crippen LogP contribution in [-0.4, -0.2) is 22.6 Å². The molecule has 0 saturated heterocycles. The Hall–Kier alpha value is -3.23. The number of ether oxygens (including phenoxy) is 3. The van der Waals surface area contributed by atoms with Crippen LogP contribution in [0.5, 0.6) is 23.0 Å². The van der Waals surface area contributed by atoms with E-state index in [1.54, 1.807) is 43.5 Å². The van der Waals surface area contributed by atoms with E-state index in [4.69, 9.17) is 19.9 Å². The summed E-state index contributed by atoms with van der Waals surface area (Å²) in [4.78, 5) is -0.0399. The van der Waals surface area contributed by atoms with Crippen molar-refractivity contribution in [2.45, 2.75) is 24.8 Å². The first-order valence-corrected chi connectivity index (χ1v) is 11.2. The van der Waals surface area contributed by atoms with Gasteiger partial charge in [-0.3, -0.25) is 0 Å². The Morgan fingerprint density at radius 2 is 1.71 bits per heavy atom. The van der Waals surface area contributed by atoms with Gasteiger partial charge in [0, 0.05) is 23.9 Å². The number of rotatable bonds is 9. The van der Waals surface area contributed by atoms with Crippen LogP contribution in [0.2, 0.25) is 0 Å². The lowest BCUT2D eigenvalue weighted by Crippen LogP contribution is -2.24. The van der Waals surface area contributed by atoms with Crippen molar-refractivity contribution in [1.29, 1.82) is 0 Å². The number of benzene rings is 3. The fraction of sp³-hybridized carbons (Fsp3) is 0.217. The first kappa shape index (κ1) is 22.5. The summed E-state index contributed by atoms with van der Waals surface area (Å²) in [5.41, 5.74) is 7.93. The minimum atomic E-state index is -3.93. The number of nitrogen functional groups attached to an aromatic ring is 1. The molecular formula is C23H26N2O5S. The number of aryl methyl sites for hydroxylation is 1. The second-order valence-electron chi connectivity index (χ2n) is 6.81. The molecule has 3 aromatic carbocycles. The van der Waals surface area contributed by atoms with E-state index in [0.29, 0.717) is 28.5 Å². The fourth-order valence-electron chi connectivity index (χ4n) is 3.02. The van der Waals surface area contributed by atoms with Crippen LogP contribution in [0.25, 0.3) is 0 Å². The number of hydrogen-bond acceptors (Lipinski definition) is 6. The van der Waals surface area contributed by atoms with Gasteiger partial charge in [-0.2, -0.15) is 0 Å². The third-order valence-electron chi connectivity index (χ3n) is 4.74. The van der Waals surface area contributed by atoms with E-state index < -0.39 is 10.0 Å². The average Bonchev–Trinajstić information content (AvgIpc) is 2.78. The molecule has 0 aliphatic rings. The highest BCUT2D eigenvalue weighted by molar-refractivity contribution is 7.89. The minimum Gasteiger partial charge on any atom is -0.497 e. The first-order valence-electron chi connectivity index (χ1n) is 9.73. The highest BCUT2D eigenvalue weighted by Gasteiger charge is 2.21. The summed E-state index contributed by atoms with van der Waals surface area (Å²) < 4.78 is 45.2. The summed E-state index contributed by atoms with van der Waals surface area (Å²) in [6.07, 6.45) is 0.843. The quantitative estimate of drug-likeness (QED) is 0.484. The van der Waals surface area contributed by atoms with Gasteiger partial charge < -0.3 is 19.9 Å². The zero-order valence-corrected chi connectivity index (χ0v) is 18.5. The molecule has 0 amide bonds. The van der Waals surface area contributed by atoms with Crippen molar-refractivity contribution in [1.82, 2.24) is 4.72 Å². The number of hydrogen-bond donors (Lipinski definition) is 2. The average molecular weight is 443 g/mol. The van der Waals surface area contributed by atoms with Gasteiger partial charge >= 0.3 is 0 Å². The van der Waals surface area contributed by atoms with Crippen LogP contribution in [0.4, 0.5) is 5.69 Å². The summed E-state index contributed by atoms with van der Waals surface area (Å²) >= 11 is 0. The third-order valence-corrected chi connectivity index (χ3v) is 6.16. The van der Waals surface area contributed by atoms with Gasteiger partial charge in [-0.15, -0.1) is 0 Å². The summed E-state index contributed by atoms with van der Waals surface area (Å²) in [7, 11) is -0.865. The molecule has 0 aliphatic heterocycles. The van der Waals surface area contributed by atoms with Crippen LogP contribution >= 0.6 is 0 Å². The molecule has 3 N–H and O–H groups in total. The maximum Gasteiger partial charge on any atom is 0.244 e. The molecule has 0 atom stereocenters. The molecule has 3 rings (SSSR count). The molecule has 164 valence electrons. The van der Waals surface area contributed by atoms with Crippen LogP contribution in [-0.2, 0) is 23.0 Å². The van der Waals surface area contributed by atoms with Gasteiger partial charge in [0.25, 0.3) is 0 Å². The Morgan fingerprint density at radius 1 is 0.903 bits per heavy atom. The molecule has 8 heteroatoms. The van der Waals surface area contributed by atoms with Gasteiger partial charge in [-0.05, 0) is 48.4 Å². The number of methoxy groups -OCH3 is 2. The summed E-state index contributed by atoms with van der Waals surface area (Å²) in [6.45, 7) is 2.06. The molecule has 0 heterocycles. The predicted octanol–water partition coefficient (Wildman–Crippen LogP) is 4.12. The third kappa shape index (κ3) is 5.48. The lowest BCUT2D eigenvalue weighted by molar-refractivity contribution is 0.390. The smallest absolute Gasteiger partial charge is 0.244 e. The molecule has 31 heavy (non-hydrogen) atoms. The molecule has 0 saturated carbocycles. The Morgan fingerprint density at radius 3 is 2.42 bits per heavy atom. The highest BCUT2D eigenvalue weighted by atomic mass is 32.2. The fourth-order valence-corrected chi connectivity index (χ4v) is 4.19.